The number of rotatable bonds is 3. The molecule has 3 nitrogen and oxygen atoms in total. The number of nitrogens with one attached hydrogen (secondary N) is 1. The first kappa shape index (κ1) is 15.5. The van der Waals surface area contributed by atoms with Crippen molar-refractivity contribution in [3.63, 3.8) is 0 Å². The number of hydrogen-bond donors (Lipinski definition) is 1. The molecule has 3 rings (SSSR count). The van der Waals surface area contributed by atoms with Gasteiger partial charge in [0.05, 0.1) is 5.52 Å². The Hall–Kier alpha value is -0.870. The fourth-order valence-electron chi connectivity index (χ4n) is 2.74. The maximum atomic E-state index is 6.23. The normalized spacial score (nSPS) is 18.4. The molecule has 1 unspecified atom stereocenters. The highest BCUT2D eigenvalue weighted by atomic mass is 35.5. The van der Waals surface area contributed by atoms with Gasteiger partial charge in [0.15, 0.2) is 0 Å². The van der Waals surface area contributed by atoms with Gasteiger partial charge in [0.2, 0.25) is 0 Å². The molecular formula is C15H19Cl2N3. The predicted octanol–water partition coefficient (Wildman–Crippen LogP) is 3.10. The first-order valence-electron chi connectivity index (χ1n) is 6.69. The van der Waals surface area contributed by atoms with Crippen LogP contribution in [0, 0.1) is 0 Å². The Kier molecular flexibility index (Phi) is 5.22. The summed E-state index contributed by atoms with van der Waals surface area (Å²) in [5, 5.41) is 5.22. The first-order valence-corrected chi connectivity index (χ1v) is 7.06. The van der Waals surface area contributed by atoms with E-state index in [2.05, 4.69) is 28.3 Å². The first-order chi connectivity index (χ1) is 9.25. The second kappa shape index (κ2) is 6.72. The molecule has 0 bridgehead atoms. The van der Waals surface area contributed by atoms with Gasteiger partial charge in [-0.3, -0.25) is 9.88 Å². The number of hydrogen-bond acceptors (Lipinski definition) is 3. The Labute approximate surface area is 130 Å². The van der Waals surface area contributed by atoms with Crippen LogP contribution in [0.25, 0.3) is 10.9 Å². The lowest BCUT2D eigenvalue weighted by Crippen LogP contribution is -2.32. The summed E-state index contributed by atoms with van der Waals surface area (Å²) in [5.41, 5.74) is 2.27. The van der Waals surface area contributed by atoms with Gasteiger partial charge in [-0.2, -0.15) is 0 Å². The molecule has 2 aromatic rings. The molecule has 0 amide bonds. The summed E-state index contributed by atoms with van der Waals surface area (Å²) in [6.45, 7) is 3.11. The van der Waals surface area contributed by atoms with E-state index < -0.39 is 0 Å². The van der Waals surface area contributed by atoms with Crippen molar-refractivity contribution in [1.29, 1.82) is 0 Å². The van der Waals surface area contributed by atoms with E-state index in [-0.39, 0.29) is 12.4 Å². The van der Waals surface area contributed by atoms with Gasteiger partial charge in [0, 0.05) is 35.7 Å². The molecule has 108 valence electrons. The van der Waals surface area contributed by atoms with Crippen LogP contribution in [0.15, 0.2) is 30.5 Å². The summed E-state index contributed by atoms with van der Waals surface area (Å²) in [4.78, 5) is 6.90. The van der Waals surface area contributed by atoms with Crippen molar-refractivity contribution in [2.75, 3.05) is 20.1 Å². The van der Waals surface area contributed by atoms with Crippen molar-refractivity contribution in [1.82, 2.24) is 15.2 Å². The van der Waals surface area contributed by atoms with Crippen LogP contribution in [0.4, 0.5) is 0 Å². The van der Waals surface area contributed by atoms with Crippen LogP contribution in [-0.4, -0.2) is 36.1 Å². The van der Waals surface area contributed by atoms with Gasteiger partial charge in [0.1, 0.15) is 0 Å². The molecule has 1 fully saturated rings. The molecule has 1 aromatic carbocycles. The smallest absolute Gasteiger partial charge is 0.0761 e. The zero-order valence-corrected chi connectivity index (χ0v) is 13.0. The van der Waals surface area contributed by atoms with Gasteiger partial charge in [0.25, 0.3) is 0 Å². The number of nitrogens with zero attached hydrogens (tertiary/aromatic N) is 2. The average Bonchev–Trinajstić information content (AvgIpc) is 2.96. The highest BCUT2D eigenvalue weighted by molar-refractivity contribution is 6.35. The minimum atomic E-state index is 0. The molecule has 1 N–H and O–H groups in total. The summed E-state index contributed by atoms with van der Waals surface area (Å²) >= 11 is 6.23. The molecule has 0 aliphatic carbocycles. The monoisotopic (exact) mass is 311 g/mol. The minimum absolute atomic E-state index is 0. The lowest BCUT2D eigenvalue weighted by Gasteiger charge is -2.24. The second-order valence-electron chi connectivity index (χ2n) is 5.17. The van der Waals surface area contributed by atoms with Crippen LogP contribution in [-0.2, 0) is 6.54 Å². The van der Waals surface area contributed by atoms with E-state index in [1.54, 1.807) is 0 Å². The fourth-order valence-corrected chi connectivity index (χ4v) is 2.95. The van der Waals surface area contributed by atoms with Gasteiger partial charge in [-0.15, -0.1) is 12.4 Å². The third-order valence-electron chi connectivity index (χ3n) is 3.88. The quantitative estimate of drug-likeness (QED) is 0.944. The molecule has 1 aliphatic heterocycles. The summed E-state index contributed by atoms with van der Waals surface area (Å²) < 4.78 is 0. The number of likely N-dealkylation sites (N-methyl/N-ethyl adjacent to an activating group) is 1. The predicted molar refractivity (Wildman–Crippen MR) is 86.7 cm³/mol. The van der Waals surface area contributed by atoms with Crippen molar-refractivity contribution >= 4 is 34.9 Å². The van der Waals surface area contributed by atoms with E-state index in [1.165, 1.54) is 12.0 Å². The van der Waals surface area contributed by atoms with E-state index >= 15 is 0 Å². The highest BCUT2D eigenvalue weighted by Crippen LogP contribution is 2.26. The standard InChI is InChI=1S/C15H18ClN3.ClH/c1-19(12-6-8-17-9-12)10-11-4-5-14(16)13-3-2-7-18-15(11)13;/h2-5,7,12,17H,6,8-10H2,1H3;1H. The fraction of sp³-hybridized carbons (Fsp3) is 0.400. The molecule has 0 spiro atoms. The maximum Gasteiger partial charge on any atom is 0.0761 e. The Morgan fingerprint density at radius 3 is 3.00 bits per heavy atom. The molecular weight excluding hydrogens is 293 g/mol. The van der Waals surface area contributed by atoms with Crippen LogP contribution >= 0.6 is 24.0 Å². The molecule has 1 aromatic heterocycles. The van der Waals surface area contributed by atoms with Gasteiger partial charge < -0.3 is 5.32 Å². The number of aromatic nitrogens is 1. The van der Waals surface area contributed by atoms with E-state index in [1.807, 2.05) is 24.4 Å². The lowest BCUT2D eigenvalue weighted by molar-refractivity contribution is 0.249. The third-order valence-corrected chi connectivity index (χ3v) is 4.21. The van der Waals surface area contributed by atoms with Gasteiger partial charge >= 0.3 is 0 Å². The number of halogens is 2. The maximum absolute atomic E-state index is 6.23. The third kappa shape index (κ3) is 3.07. The Balaban J connectivity index is 0.00000147. The van der Waals surface area contributed by atoms with Crippen molar-refractivity contribution in [2.45, 2.75) is 19.0 Å². The SMILES string of the molecule is CN(Cc1ccc(Cl)c2cccnc12)C1CCNC1.Cl. The van der Waals surface area contributed by atoms with Crippen molar-refractivity contribution in [2.24, 2.45) is 0 Å². The molecule has 0 radical (unpaired) electrons. The van der Waals surface area contributed by atoms with Crippen LogP contribution in [0.3, 0.4) is 0 Å². The van der Waals surface area contributed by atoms with E-state index in [0.717, 1.165) is 35.6 Å². The summed E-state index contributed by atoms with van der Waals surface area (Å²) in [5.74, 6) is 0. The van der Waals surface area contributed by atoms with Gasteiger partial charge in [-0.05, 0) is 43.8 Å². The van der Waals surface area contributed by atoms with Gasteiger partial charge in [-0.25, -0.2) is 0 Å². The van der Waals surface area contributed by atoms with Crippen molar-refractivity contribution < 1.29 is 0 Å². The minimum Gasteiger partial charge on any atom is -0.315 e. The summed E-state index contributed by atoms with van der Waals surface area (Å²) in [7, 11) is 2.18. The summed E-state index contributed by atoms with van der Waals surface area (Å²) in [6, 6.07) is 8.65. The molecule has 1 aliphatic rings. The zero-order chi connectivity index (χ0) is 13.2. The number of fused-ring (bicyclic) bond motifs is 1. The van der Waals surface area contributed by atoms with Crippen LogP contribution in [0.1, 0.15) is 12.0 Å². The average molecular weight is 312 g/mol. The molecule has 5 heteroatoms. The largest absolute Gasteiger partial charge is 0.315 e. The zero-order valence-electron chi connectivity index (χ0n) is 11.5. The molecule has 1 atom stereocenters. The van der Waals surface area contributed by atoms with E-state index in [9.17, 15) is 0 Å². The van der Waals surface area contributed by atoms with Crippen molar-refractivity contribution in [3.05, 3.63) is 41.0 Å². The number of benzene rings is 1. The molecule has 2 heterocycles. The number of pyridine rings is 1. The van der Waals surface area contributed by atoms with Gasteiger partial charge in [-0.1, -0.05) is 17.7 Å². The molecule has 0 saturated carbocycles. The highest BCUT2D eigenvalue weighted by Gasteiger charge is 2.19. The van der Waals surface area contributed by atoms with Crippen molar-refractivity contribution in [3.8, 4) is 0 Å². The molecule has 20 heavy (non-hydrogen) atoms. The Bertz CT molecular complexity index is 582. The van der Waals surface area contributed by atoms with Crippen LogP contribution < -0.4 is 5.32 Å². The lowest BCUT2D eigenvalue weighted by atomic mass is 10.1. The van der Waals surface area contributed by atoms with Crippen LogP contribution in [0.2, 0.25) is 5.02 Å². The second-order valence-corrected chi connectivity index (χ2v) is 5.58. The summed E-state index contributed by atoms with van der Waals surface area (Å²) in [6.07, 6.45) is 3.05. The molecule has 1 saturated heterocycles. The Morgan fingerprint density at radius 2 is 2.25 bits per heavy atom. The van der Waals surface area contributed by atoms with E-state index in [0.29, 0.717) is 6.04 Å². The van der Waals surface area contributed by atoms with Crippen LogP contribution in [0.5, 0.6) is 0 Å². The topological polar surface area (TPSA) is 28.2 Å². The Morgan fingerprint density at radius 1 is 1.40 bits per heavy atom. The van der Waals surface area contributed by atoms with E-state index in [4.69, 9.17) is 11.6 Å².